The van der Waals surface area contributed by atoms with Crippen LogP contribution >= 0.6 is 0 Å². The van der Waals surface area contributed by atoms with Crippen LogP contribution in [0.4, 0.5) is 0 Å². The van der Waals surface area contributed by atoms with Crippen LogP contribution in [0.2, 0.25) is 0 Å². The van der Waals surface area contributed by atoms with Crippen molar-refractivity contribution >= 4 is 17.0 Å². The highest BCUT2D eigenvalue weighted by molar-refractivity contribution is 5.99. The molecule has 18 heavy (non-hydrogen) atoms. The molecule has 0 atom stereocenters. The summed E-state index contributed by atoms with van der Waals surface area (Å²) in [5, 5.41) is 9.09. The Hall–Kier alpha value is -1.87. The number of hydrogen-bond acceptors (Lipinski definition) is 3. The average Bonchev–Trinajstić information content (AvgIpc) is 2.46. The zero-order chi connectivity index (χ0) is 12.2. The summed E-state index contributed by atoms with van der Waals surface area (Å²) in [6.45, 7) is 3.29. The molecule has 1 heterocycles. The van der Waals surface area contributed by atoms with Gasteiger partial charge in [-0.1, -0.05) is 42.5 Å². The number of ether oxygens (including phenoxy) is 1. The summed E-state index contributed by atoms with van der Waals surface area (Å²) < 4.78 is 5.31. The quantitative estimate of drug-likeness (QED) is 0.753. The van der Waals surface area contributed by atoms with E-state index in [9.17, 15) is 0 Å². The third kappa shape index (κ3) is 2.36. The first kappa shape index (κ1) is 11.2. The smallest absolute Gasteiger partial charge is 0.0659 e. The maximum absolute atomic E-state index is 5.31. The molecule has 1 fully saturated rings. The summed E-state index contributed by atoms with van der Waals surface area (Å²) in [6.07, 6.45) is 1.95. The first-order valence-electron chi connectivity index (χ1n) is 6.28. The van der Waals surface area contributed by atoms with Crippen molar-refractivity contribution in [1.29, 1.82) is 0 Å². The van der Waals surface area contributed by atoms with Gasteiger partial charge >= 0.3 is 0 Å². The van der Waals surface area contributed by atoms with Crippen LogP contribution in [0.15, 0.2) is 47.6 Å². The maximum atomic E-state index is 5.31. The van der Waals surface area contributed by atoms with E-state index in [0.29, 0.717) is 0 Å². The molecule has 0 amide bonds. The van der Waals surface area contributed by atoms with Crippen molar-refractivity contribution in [1.82, 2.24) is 5.01 Å². The lowest BCUT2D eigenvalue weighted by Gasteiger charge is -2.23. The molecule has 0 N–H and O–H groups in total. The fourth-order valence-electron chi connectivity index (χ4n) is 2.18. The maximum Gasteiger partial charge on any atom is 0.0659 e. The lowest BCUT2D eigenvalue weighted by Crippen LogP contribution is -2.32. The van der Waals surface area contributed by atoms with Gasteiger partial charge in [0.15, 0.2) is 0 Å². The second-order valence-corrected chi connectivity index (χ2v) is 4.38. The summed E-state index contributed by atoms with van der Waals surface area (Å²) in [6, 6.07) is 14.7. The predicted molar refractivity (Wildman–Crippen MR) is 73.9 cm³/mol. The molecule has 0 spiro atoms. The molecule has 0 unspecified atom stereocenters. The fraction of sp³-hybridized carbons (Fsp3) is 0.267. The molecular weight excluding hydrogens is 224 g/mol. The zero-order valence-corrected chi connectivity index (χ0v) is 10.2. The minimum Gasteiger partial charge on any atom is -0.378 e. The molecule has 0 aromatic heterocycles. The number of fused-ring (bicyclic) bond motifs is 1. The number of benzene rings is 2. The van der Waals surface area contributed by atoms with Crippen LogP contribution in [0.1, 0.15) is 5.56 Å². The summed E-state index contributed by atoms with van der Waals surface area (Å²) in [7, 11) is 0. The van der Waals surface area contributed by atoms with E-state index in [0.717, 1.165) is 26.3 Å². The van der Waals surface area contributed by atoms with E-state index in [2.05, 4.69) is 52.6 Å². The number of hydrazone groups is 1. The zero-order valence-electron chi connectivity index (χ0n) is 10.2. The number of morpholine rings is 1. The minimum atomic E-state index is 0.771. The topological polar surface area (TPSA) is 24.8 Å². The number of nitrogens with zero attached hydrogens (tertiary/aromatic N) is 2. The Labute approximate surface area is 107 Å². The van der Waals surface area contributed by atoms with Crippen LogP contribution in [0.5, 0.6) is 0 Å². The van der Waals surface area contributed by atoms with Crippen molar-refractivity contribution < 1.29 is 4.74 Å². The fourth-order valence-corrected chi connectivity index (χ4v) is 2.18. The van der Waals surface area contributed by atoms with Crippen LogP contribution < -0.4 is 0 Å². The van der Waals surface area contributed by atoms with Gasteiger partial charge in [-0.05, 0) is 10.8 Å². The van der Waals surface area contributed by atoms with Crippen molar-refractivity contribution in [2.24, 2.45) is 5.10 Å². The molecule has 2 aromatic carbocycles. The van der Waals surface area contributed by atoms with Crippen molar-refractivity contribution in [3.63, 3.8) is 0 Å². The van der Waals surface area contributed by atoms with Gasteiger partial charge < -0.3 is 4.74 Å². The van der Waals surface area contributed by atoms with Gasteiger partial charge in [0.2, 0.25) is 0 Å². The SMILES string of the molecule is C(=NN1CCOCC1)c1cccc2ccccc12. The third-order valence-electron chi connectivity index (χ3n) is 3.17. The first-order valence-corrected chi connectivity index (χ1v) is 6.28. The highest BCUT2D eigenvalue weighted by Gasteiger charge is 2.06. The highest BCUT2D eigenvalue weighted by atomic mass is 16.5. The first-order chi connectivity index (χ1) is 8.93. The second-order valence-electron chi connectivity index (χ2n) is 4.38. The summed E-state index contributed by atoms with van der Waals surface area (Å²) in [5.74, 6) is 0. The Kier molecular flexibility index (Phi) is 3.24. The Morgan fingerprint density at radius 1 is 1.00 bits per heavy atom. The summed E-state index contributed by atoms with van der Waals surface area (Å²) >= 11 is 0. The van der Waals surface area contributed by atoms with Gasteiger partial charge in [-0.25, -0.2) is 0 Å². The molecule has 0 saturated carbocycles. The normalized spacial score (nSPS) is 16.6. The van der Waals surface area contributed by atoms with E-state index in [1.165, 1.54) is 16.3 Å². The van der Waals surface area contributed by atoms with E-state index in [1.807, 2.05) is 6.21 Å². The van der Waals surface area contributed by atoms with Crippen molar-refractivity contribution in [3.05, 3.63) is 48.0 Å². The van der Waals surface area contributed by atoms with Gasteiger partial charge in [0.1, 0.15) is 0 Å². The van der Waals surface area contributed by atoms with E-state index < -0.39 is 0 Å². The summed E-state index contributed by atoms with van der Waals surface area (Å²) in [4.78, 5) is 0. The molecule has 3 heteroatoms. The average molecular weight is 240 g/mol. The number of hydrogen-bond donors (Lipinski definition) is 0. The van der Waals surface area contributed by atoms with Gasteiger partial charge in [-0.2, -0.15) is 5.10 Å². The van der Waals surface area contributed by atoms with Crippen LogP contribution in [0, 0.1) is 0 Å². The third-order valence-corrected chi connectivity index (χ3v) is 3.17. The molecule has 0 aliphatic carbocycles. The highest BCUT2D eigenvalue weighted by Crippen LogP contribution is 2.17. The van der Waals surface area contributed by atoms with Crippen molar-refractivity contribution in [2.75, 3.05) is 26.3 Å². The Bertz CT molecular complexity index is 554. The molecule has 0 radical (unpaired) electrons. The largest absolute Gasteiger partial charge is 0.378 e. The molecule has 3 nitrogen and oxygen atoms in total. The van der Waals surface area contributed by atoms with Gasteiger partial charge in [-0.15, -0.1) is 0 Å². The van der Waals surface area contributed by atoms with E-state index in [-0.39, 0.29) is 0 Å². The Morgan fingerprint density at radius 2 is 1.78 bits per heavy atom. The number of rotatable bonds is 2. The Balaban J connectivity index is 1.87. The summed E-state index contributed by atoms with van der Waals surface area (Å²) in [5.41, 5.74) is 1.17. The standard InChI is InChI=1S/C15H16N2O/c1-2-7-15-13(4-1)5-3-6-14(15)12-16-17-8-10-18-11-9-17/h1-7,12H,8-11H2. The van der Waals surface area contributed by atoms with Crippen LogP contribution in [-0.2, 0) is 4.74 Å². The predicted octanol–water partition coefficient (Wildman–Crippen LogP) is 2.51. The van der Waals surface area contributed by atoms with E-state index in [1.54, 1.807) is 0 Å². The van der Waals surface area contributed by atoms with Gasteiger partial charge in [0, 0.05) is 5.56 Å². The van der Waals surface area contributed by atoms with Crippen LogP contribution in [-0.4, -0.2) is 37.5 Å². The van der Waals surface area contributed by atoms with E-state index in [4.69, 9.17) is 4.74 Å². The molecule has 1 saturated heterocycles. The van der Waals surface area contributed by atoms with Gasteiger partial charge in [0.25, 0.3) is 0 Å². The monoisotopic (exact) mass is 240 g/mol. The minimum absolute atomic E-state index is 0.771. The van der Waals surface area contributed by atoms with Gasteiger partial charge in [0.05, 0.1) is 32.5 Å². The lowest BCUT2D eigenvalue weighted by molar-refractivity contribution is 0.0397. The molecular formula is C15H16N2O. The van der Waals surface area contributed by atoms with Crippen molar-refractivity contribution in [2.45, 2.75) is 0 Å². The van der Waals surface area contributed by atoms with E-state index >= 15 is 0 Å². The lowest BCUT2D eigenvalue weighted by atomic mass is 10.1. The molecule has 0 bridgehead atoms. The molecule has 1 aliphatic heterocycles. The van der Waals surface area contributed by atoms with Crippen molar-refractivity contribution in [3.8, 4) is 0 Å². The van der Waals surface area contributed by atoms with Gasteiger partial charge in [-0.3, -0.25) is 5.01 Å². The van der Waals surface area contributed by atoms with Crippen LogP contribution in [0.25, 0.3) is 10.8 Å². The molecule has 1 aliphatic rings. The molecule has 3 rings (SSSR count). The molecule has 2 aromatic rings. The Morgan fingerprint density at radius 3 is 2.67 bits per heavy atom. The second kappa shape index (κ2) is 5.19. The molecule has 92 valence electrons. The van der Waals surface area contributed by atoms with Crippen LogP contribution in [0.3, 0.4) is 0 Å².